The molecule has 1 saturated heterocycles. The summed E-state index contributed by atoms with van der Waals surface area (Å²) < 4.78 is 6.03. The Balaban J connectivity index is 1.71. The van der Waals surface area contributed by atoms with Gasteiger partial charge >= 0.3 is 0 Å². The lowest BCUT2D eigenvalue weighted by Crippen LogP contribution is -2.42. The summed E-state index contributed by atoms with van der Waals surface area (Å²) >= 11 is 5.93. The molecule has 6 heteroatoms. The predicted octanol–water partition coefficient (Wildman–Crippen LogP) is 5.02. The van der Waals surface area contributed by atoms with E-state index in [9.17, 15) is 9.59 Å². The Hall–Kier alpha value is -2.53. The van der Waals surface area contributed by atoms with Crippen LogP contribution in [-0.2, 0) is 5.41 Å². The van der Waals surface area contributed by atoms with Gasteiger partial charge in [0, 0.05) is 56.2 Å². The molecule has 2 amide bonds. The summed E-state index contributed by atoms with van der Waals surface area (Å²) in [6, 6.07) is 12.8. The predicted molar refractivity (Wildman–Crippen MR) is 124 cm³/mol. The lowest BCUT2D eigenvalue weighted by Gasteiger charge is -2.32. The van der Waals surface area contributed by atoms with Crippen molar-refractivity contribution in [1.29, 1.82) is 0 Å². The van der Waals surface area contributed by atoms with Crippen LogP contribution in [0.1, 0.15) is 59.9 Å². The van der Waals surface area contributed by atoms with Crippen LogP contribution in [0.2, 0.25) is 5.02 Å². The number of ether oxygens (including phenoxy) is 1. The normalized spacial score (nSPS) is 15.0. The molecular formula is C25H31ClN2O3. The van der Waals surface area contributed by atoms with Gasteiger partial charge in [-0.25, -0.2) is 0 Å². The Morgan fingerprint density at radius 3 is 2.19 bits per heavy atom. The van der Waals surface area contributed by atoms with E-state index in [0.29, 0.717) is 29.2 Å². The topological polar surface area (TPSA) is 49.9 Å². The number of hydrogen-bond donors (Lipinski definition) is 0. The number of rotatable bonds is 4. The third-order valence-corrected chi connectivity index (χ3v) is 5.81. The number of carbonyl (C=O) groups excluding carboxylic acids is 2. The van der Waals surface area contributed by atoms with E-state index in [4.69, 9.17) is 16.3 Å². The van der Waals surface area contributed by atoms with E-state index in [1.54, 1.807) is 25.1 Å². The monoisotopic (exact) mass is 442 g/mol. The Labute approximate surface area is 189 Å². The highest BCUT2D eigenvalue weighted by Crippen LogP contribution is 2.28. The van der Waals surface area contributed by atoms with E-state index in [1.165, 1.54) is 0 Å². The molecule has 1 heterocycles. The second-order valence-electron chi connectivity index (χ2n) is 9.27. The van der Waals surface area contributed by atoms with E-state index < -0.39 is 0 Å². The van der Waals surface area contributed by atoms with Crippen molar-refractivity contribution in [2.75, 3.05) is 27.2 Å². The van der Waals surface area contributed by atoms with Crippen molar-refractivity contribution in [1.82, 2.24) is 9.80 Å². The fraction of sp³-hybridized carbons (Fsp3) is 0.440. The molecule has 0 radical (unpaired) electrons. The van der Waals surface area contributed by atoms with Crippen molar-refractivity contribution in [2.24, 2.45) is 0 Å². The number of amides is 2. The molecule has 0 saturated carbocycles. The zero-order valence-corrected chi connectivity index (χ0v) is 19.7. The van der Waals surface area contributed by atoms with Crippen LogP contribution in [0.3, 0.4) is 0 Å². The van der Waals surface area contributed by atoms with Gasteiger partial charge in [0.05, 0.1) is 0 Å². The van der Waals surface area contributed by atoms with Crippen molar-refractivity contribution in [3.05, 3.63) is 64.2 Å². The van der Waals surface area contributed by atoms with Gasteiger partial charge < -0.3 is 14.5 Å². The number of likely N-dealkylation sites (tertiary alicyclic amines) is 1. The number of nitrogens with zero attached hydrogens (tertiary/aromatic N) is 2. The van der Waals surface area contributed by atoms with Crippen LogP contribution in [0.25, 0.3) is 0 Å². The molecule has 0 N–H and O–H groups in total. The molecule has 1 aliphatic rings. The molecule has 2 aromatic carbocycles. The maximum atomic E-state index is 13.2. The van der Waals surface area contributed by atoms with Crippen molar-refractivity contribution >= 4 is 23.4 Å². The summed E-state index contributed by atoms with van der Waals surface area (Å²) in [5.74, 6) is 0.659. The maximum absolute atomic E-state index is 13.2. The number of hydrogen-bond acceptors (Lipinski definition) is 3. The molecule has 0 atom stereocenters. The van der Waals surface area contributed by atoms with Crippen molar-refractivity contribution in [3.63, 3.8) is 0 Å². The van der Waals surface area contributed by atoms with Gasteiger partial charge in [-0.1, -0.05) is 38.4 Å². The van der Waals surface area contributed by atoms with Crippen LogP contribution >= 0.6 is 11.6 Å². The minimum absolute atomic E-state index is 0.0433. The third-order valence-electron chi connectivity index (χ3n) is 5.56. The van der Waals surface area contributed by atoms with Gasteiger partial charge in [-0.2, -0.15) is 0 Å². The lowest BCUT2D eigenvalue weighted by atomic mass is 9.82. The van der Waals surface area contributed by atoms with E-state index in [2.05, 4.69) is 20.8 Å². The Morgan fingerprint density at radius 1 is 1.03 bits per heavy atom. The first-order valence-corrected chi connectivity index (χ1v) is 11.0. The van der Waals surface area contributed by atoms with Crippen molar-refractivity contribution < 1.29 is 14.3 Å². The average molecular weight is 443 g/mol. The maximum Gasteiger partial charge on any atom is 0.253 e. The zero-order chi connectivity index (χ0) is 22.8. The lowest BCUT2D eigenvalue weighted by molar-refractivity contribution is 0.0595. The highest BCUT2D eigenvalue weighted by atomic mass is 35.5. The second-order valence-corrected chi connectivity index (χ2v) is 9.71. The molecule has 0 spiro atoms. The van der Waals surface area contributed by atoms with Crippen molar-refractivity contribution in [3.8, 4) is 5.75 Å². The number of benzene rings is 2. The molecular weight excluding hydrogens is 412 g/mol. The summed E-state index contributed by atoms with van der Waals surface area (Å²) in [7, 11) is 3.46. The van der Waals surface area contributed by atoms with E-state index in [-0.39, 0.29) is 23.3 Å². The molecule has 0 aliphatic carbocycles. The van der Waals surface area contributed by atoms with Crippen LogP contribution in [0.15, 0.2) is 42.5 Å². The van der Waals surface area contributed by atoms with Gasteiger partial charge in [0.2, 0.25) is 0 Å². The minimum atomic E-state index is -0.195. The standard InChI is InChI=1S/C25H31ClN2O3/c1-25(2,3)22-11-6-17(16-21(22)24(30)27(4)5)23(29)28-14-12-20(13-15-28)31-19-9-7-18(26)8-10-19/h6-11,16,20H,12-15H2,1-5H3. The van der Waals surface area contributed by atoms with Crippen molar-refractivity contribution in [2.45, 2.75) is 45.1 Å². The highest BCUT2D eigenvalue weighted by molar-refractivity contribution is 6.30. The number of carbonyl (C=O) groups is 2. The SMILES string of the molecule is CN(C)C(=O)c1cc(C(=O)N2CCC(Oc3ccc(Cl)cc3)CC2)ccc1C(C)(C)C. The minimum Gasteiger partial charge on any atom is -0.490 e. The quantitative estimate of drug-likeness (QED) is 0.667. The van der Waals surface area contributed by atoms with Gasteiger partial charge in [0.1, 0.15) is 11.9 Å². The van der Waals surface area contributed by atoms with E-state index in [0.717, 1.165) is 24.2 Å². The Morgan fingerprint density at radius 2 is 1.65 bits per heavy atom. The fourth-order valence-corrected chi connectivity index (χ4v) is 3.94. The summed E-state index contributed by atoms with van der Waals surface area (Å²) in [6.45, 7) is 7.45. The van der Waals surface area contributed by atoms with Gasteiger partial charge in [-0.3, -0.25) is 9.59 Å². The number of piperidine rings is 1. The zero-order valence-electron chi connectivity index (χ0n) is 18.9. The van der Waals surface area contributed by atoms with Crippen LogP contribution in [0.5, 0.6) is 5.75 Å². The summed E-state index contributed by atoms with van der Waals surface area (Å²) in [5, 5.41) is 0.678. The second kappa shape index (κ2) is 9.31. The first-order valence-electron chi connectivity index (χ1n) is 10.6. The van der Waals surface area contributed by atoms with Crippen LogP contribution < -0.4 is 4.74 Å². The van der Waals surface area contributed by atoms with E-state index in [1.807, 2.05) is 41.3 Å². The molecule has 166 valence electrons. The highest BCUT2D eigenvalue weighted by Gasteiger charge is 2.28. The summed E-state index contributed by atoms with van der Waals surface area (Å²) in [5.41, 5.74) is 1.89. The fourth-order valence-electron chi connectivity index (χ4n) is 3.81. The first kappa shape index (κ1) is 23.1. The third kappa shape index (κ3) is 5.59. The first-order chi connectivity index (χ1) is 14.6. The molecule has 0 bridgehead atoms. The van der Waals surface area contributed by atoms with Gasteiger partial charge in [0.25, 0.3) is 11.8 Å². The van der Waals surface area contributed by atoms with E-state index >= 15 is 0 Å². The molecule has 5 nitrogen and oxygen atoms in total. The molecule has 31 heavy (non-hydrogen) atoms. The molecule has 1 fully saturated rings. The van der Waals surface area contributed by atoms with Gasteiger partial charge in [-0.05, 0) is 47.4 Å². The van der Waals surface area contributed by atoms with Gasteiger partial charge in [0.15, 0.2) is 0 Å². The largest absolute Gasteiger partial charge is 0.490 e. The Kier molecular flexibility index (Phi) is 6.95. The molecule has 2 aromatic rings. The molecule has 3 rings (SSSR count). The smallest absolute Gasteiger partial charge is 0.253 e. The molecule has 0 aromatic heterocycles. The van der Waals surface area contributed by atoms with Crippen LogP contribution in [0, 0.1) is 0 Å². The molecule has 0 unspecified atom stereocenters. The molecule has 1 aliphatic heterocycles. The summed E-state index contributed by atoms with van der Waals surface area (Å²) in [4.78, 5) is 29.3. The van der Waals surface area contributed by atoms with Gasteiger partial charge in [-0.15, -0.1) is 0 Å². The Bertz CT molecular complexity index is 940. The van der Waals surface area contributed by atoms with Crippen LogP contribution in [0.4, 0.5) is 0 Å². The average Bonchev–Trinajstić information content (AvgIpc) is 2.73. The van der Waals surface area contributed by atoms with Crippen LogP contribution in [-0.4, -0.2) is 54.9 Å². The summed E-state index contributed by atoms with van der Waals surface area (Å²) in [6.07, 6.45) is 1.59. The number of halogens is 1.